The molecule has 1 atom stereocenters. The van der Waals surface area contributed by atoms with Crippen molar-refractivity contribution in [1.29, 1.82) is 0 Å². The quantitative estimate of drug-likeness (QED) is 0.881. The number of fused-ring (bicyclic) bond motifs is 1. The molecular weight excluding hydrogens is 270 g/mol. The predicted octanol–water partition coefficient (Wildman–Crippen LogP) is 2.71. The molecule has 0 amide bonds. The van der Waals surface area contributed by atoms with Crippen molar-refractivity contribution < 1.29 is 0 Å². The van der Waals surface area contributed by atoms with Gasteiger partial charge >= 0.3 is 0 Å². The normalized spacial score (nSPS) is 20.2. The smallest absolute Gasteiger partial charge is 0.179 e. The molecule has 5 nitrogen and oxygen atoms in total. The summed E-state index contributed by atoms with van der Waals surface area (Å²) in [6, 6.07) is 0.603. The Kier molecular flexibility index (Phi) is 3.69. The van der Waals surface area contributed by atoms with Gasteiger partial charge < -0.3 is 9.55 Å². The van der Waals surface area contributed by atoms with Gasteiger partial charge in [-0.1, -0.05) is 6.92 Å². The minimum atomic E-state index is 0.603. The molecule has 1 aliphatic rings. The summed E-state index contributed by atoms with van der Waals surface area (Å²) in [5.41, 5.74) is 3.28. The molecule has 110 valence electrons. The summed E-state index contributed by atoms with van der Waals surface area (Å²) in [5, 5.41) is 4.59. The van der Waals surface area contributed by atoms with E-state index >= 15 is 0 Å². The van der Waals surface area contributed by atoms with Crippen molar-refractivity contribution in [2.24, 2.45) is 0 Å². The summed E-state index contributed by atoms with van der Waals surface area (Å²) in [7, 11) is 0. The number of nitrogens with zero attached hydrogens (tertiary/aromatic N) is 4. The molecule has 0 radical (unpaired) electrons. The number of aryl methyl sites for hydroxylation is 2. The molecule has 20 heavy (non-hydrogen) atoms. The van der Waals surface area contributed by atoms with Crippen LogP contribution in [0.3, 0.4) is 0 Å². The lowest BCUT2D eigenvalue weighted by atomic mass is 10.2. The van der Waals surface area contributed by atoms with E-state index in [1.54, 1.807) is 0 Å². The maximum absolute atomic E-state index is 5.53. The number of likely N-dealkylation sites (N-methyl/N-ethyl adjacent to an activating group) is 1. The number of nitrogens with one attached hydrogen (secondary N) is 1. The van der Waals surface area contributed by atoms with Crippen molar-refractivity contribution in [2.45, 2.75) is 52.7 Å². The van der Waals surface area contributed by atoms with Crippen LogP contribution in [0.1, 0.15) is 32.4 Å². The third kappa shape index (κ3) is 2.11. The Morgan fingerprint density at radius 1 is 1.35 bits per heavy atom. The molecule has 0 spiro atoms. The van der Waals surface area contributed by atoms with Gasteiger partial charge in [0.05, 0.1) is 5.69 Å². The van der Waals surface area contributed by atoms with Gasteiger partial charge in [-0.3, -0.25) is 4.90 Å². The molecule has 1 saturated heterocycles. The highest BCUT2D eigenvalue weighted by Crippen LogP contribution is 2.23. The summed E-state index contributed by atoms with van der Waals surface area (Å²) in [6.07, 6.45) is 2.56. The summed E-state index contributed by atoms with van der Waals surface area (Å²) in [6.45, 7) is 10.6. The first-order valence-electron chi connectivity index (χ1n) is 7.55. The lowest BCUT2D eigenvalue weighted by molar-refractivity contribution is 0.244. The molecule has 0 saturated carbocycles. The molecule has 0 bridgehead atoms. The highest BCUT2D eigenvalue weighted by molar-refractivity contribution is 7.71. The van der Waals surface area contributed by atoms with E-state index < -0.39 is 0 Å². The maximum Gasteiger partial charge on any atom is 0.179 e. The average Bonchev–Trinajstić information content (AvgIpc) is 3.09. The summed E-state index contributed by atoms with van der Waals surface area (Å²) in [5.74, 6) is 0. The molecule has 1 unspecified atom stereocenters. The van der Waals surface area contributed by atoms with Crippen molar-refractivity contribution in [3.05, 3.63) is 10.5 Å². The van der Waals surface area contributed by atoms with Gasteiger partial charge in [0, 0.05) is 19.1 Å². The second-order valence-electron chi connectivity index (χ2n) is 5.57. The zero-order chi connectivity index (χ0) is 14.3. The minimum Gasteiger partial charge on any atom is -0.328 e. The summed E-state index contributed by atoms with van der Waals surface area (Å²) >= 11 is 5.53. The van der Waals surface area contributed by atoms with Crippen LogP contribution in [0, 0.1) is 11.7 Å². The van der Waals surface area contributed by atoms with Crippen molar-refractivity contribution in [2.75, 3.05) is 13.1 Å². The van der Waals surface area contributed by atoms with Gasteiger partial charge in [-0.25, -0.2) is 4.68 Å². The van der Waals surface area contributed by atoms with Crippen LogP contribution in [-0.4, -0.2) is 43.4 Å². The summed E-state index contributed by atoms with van der Waals surface area (Å²) in [4.78, 5) is 5.89. The van der Waals surface area contributed by atoms with Crippen molar-refractivity contribution in [3.63, 3.8) is 0 Å². The van der Waals surface area contributed by atoms with Gasteiger partial charge in [0.1, 0.15) is 5.52 Å². The molecule has 3 rings (SSSR count). The fourth-order valence-electron chi connectivity index (χ4n) is 3.38. The Bertz CT molecular complexity index is 665. The van der Waals surface area contributed by atoms with E-state index in [1.165, 1.54) is 19.4 Å². The largest absolute Gasteiger partial charge is 0.328 e. The van der Waals surface area contributed by atoms with Crippen LogP contribution in [0.15, 0.2) is 0 Å². The summed E-state index contributed by atoms with van der Waals surface area (Å²) < 4.78 is 5.13. The Morgan fingerprint density at radius 3 is 2.85 bits per heavy atom. The van der Waals surface area contributed by atoms with Gasteiger partial charge in [-0.05, 0) is 52.0 Å². The Balaban J connectivity index is 2.02. The van der Waals surface area contributed by atoms with E-state index in [9.17, 15) is 0 Å². The monoisotopic (exact) mass is 293 g/mol. The topological polar surface area (TPSA) is 41.8 Å². The molecule has 0 aromatic carbocycles. The zero-order valence-corrected chi connectivity index (χ0v) is 13.3. The second kappa shape index (κ2) is 5.33. The van der Waals surface area contributed by atoms with Crippen LogP contribution < -0.4 is 0 Å². The lowest BCUT2D eigenvalue weighted by Gasteiger charge is -2.23. The number of H-pyrrole nitrogens is 1. The van der Waals surface area contributed by atoms with E-state index in [4.69, 9.17) is 12.2 Å². The van der Waals surface area contributed by atoms with Crippen molar-refractivity contribution in [1.82, 2.24) is 24.2 Å². The fourth-order valence-corrected chi connectivity index (χ4v) is 3.64. The van der Waals surface area contributed by atoms with Crippen molar-refractivity contribution >= 4 is 23.4 Å². The van der Waals surface area contributed by atoms with E-state index in [2.05, 4.69) is 38.1 Å². The van der Waals surface area contributed by atoms with E-state index in [0.717, 1.165) is 41.3 Å². The molecular formula is C14H23N5S. The number of likely N-dealkylation sites (tertiary alicyclic amines) is 1. The van der Waals surface area contributed by atoms with Crippen LogP contribution in [0.5, 0.6) is 0 Å². The van der Waals surface area contributed by atoms with Crippen LogP contribution in [0.4, 0.5) is 0 Å². The maximum atomic E-state index is 5.53. The zero-order valence-electron chi connectivity index (χ0n) is 12.5. The van der Waals surface area contributed by atoms with E-state index in [0.29, 0.717) is 6.04 Å². The molecule has 2 aromatic rings. The standard InChI is InChI=1S/C14H23N5S/c1-4-17-8-6-7-11(17)9-18-13-12(15-14(18)20)10(3)16-19(13)5-2/h11H,4-9H2,1-3H3,(H,15,20). The highest BCUT2D eigenvalue weighted by Gasteiger charge is 2.25. The van der Waals surface area contributed by atoms with Gasteiger partial charge in [-0.2, -0.15) is 5.10 Å². The molecule has 0 aliphatic carbocycles. The number of hydrogen-bond donors (Lipinski definition) is 1. The van der Waals surface area contributed by atoms with Crippen LogP contribution in [-0.2, 0) is 13.1 Å². The first-order valence-corrected chi connectivity index (χ1v) is 7.96. The van der Waals surface area contributed by atoms with E-state index in [-0.39, 0.29) is 0 Å². The Hall–Kier alpha value is -1.14. The number of hydrogen-bond acceptors (Lipinski definition) is 3. The Labute approximate surface area is 124 Å². The first-order chi connectivity index (χ1) is 9.65. The molecule has 6 heteroatoms. The minimum absolute atomic E-state index is 0.603. The number of imidazole rings is 1. The molecule has 2 aromatic heterocycles. The van der Waals surface area contributed by atoms with Crippen LogP contribution in [0.25, 0.3) is 11.2 Å². The lowest BCUT2D eigenvalue weighted by Crippen LogP contribution is -2.33. The molecule has 1 N–H and O–H groups in total. The van der Waals surface area contributed by atoms with Gasteiger partial charge in [0.15, 0.2) is 10.4 Å². The van der Waals surface area contributed by atoms with E-state index in [1.807, 2.05) is 6.92 Å². The number of rotatable bonds is 4. The predicted molar refractivity (Wildman–Crippen MR) is 83.6 cm³/mol. The second-order valence-corrected chi connectivity index (χ2v) is 5.95. The molecule has 1 aliphatic heterocycles. The van der Waals surface area contributed by atoms with Gasteiger partial charge in [0.2, 0.25) is 0 Å². The number of aromatic amines is 1. The Morgan fingerprint density at radius 2 is 2.15 bits per heavy atom. The average molecular weight is 293 g/mol. The van der Waals surface area contributed by atoms with Gasteiger partial charge in [-0.15, -0.1) is 0 Å². The third-order valence-corrected chi connectivity index (χ3v) is 4.75. The van der Waals surface area contributed by atoms with Crippen LogP contribution in [0.2, 0.25) is 0 Å². The third-order valence-electron chi connectivity index (χ3n) is 4.43. The number of aromatic nitrogens is 4. The van der Waals surface area contributed by atoms with Crippen molar-refractivity contribution in [3.8, 4) is 0 Å². The first kappa shape index (κ1) is 13.8. The SMILES string of the molecule is CCN1CCCC1Cn1c(=S)[nH]c2c(C)nn(CC)c21. The highest BCUT2D eigenvalue weighted by atomic mass is 32.1. The molecule has 3 heterocycles. The molecule has 1 fully saturated rings. The van der Waals surface area contributed by atoms with Gasteiger partial charge in [0.25, 0.3) is 0 Å². The fraction of sp³-hybridized carbons (Fsp3) is 0.714. The van der Waals surface area contributed by atoms with Crippen LogP contribution >= 0.6 is 12.2 Å².